The van der Waals surface area contributed by atoms with Crippen molar-refractivity contribution in [2.45, 2.75) is 6.54 Å². The van der Waals surface area contributed by atoms with Gasteiger partial charge >= 0.3 is 0 Å². The van der Waals surface area contributed by atoms with E-state index in [1.165, 1.54) is 6.07 Å². The predicted molar refractivity (Wildman–Crippen MR) is 59.2 cm³/mol. The zero-order chi connectivity index (χ0) is 11.6. The van der Waals surface area contributed by atoms with Gasteiger partial charge in [-0.15, -0.1) is 0 Å². The van der Waals surface area contributed by atoms with E-state index in [0.717, 1.165) is 0 Å². The van der Waals surface area contributed by atoms with Crippen LogP contribution in [-0.2, 0) is 6.54 Å². The Morgan fingerprint density at radius 2 is 2.00 bits per heavy atom. The monoisotopic (exact) mass is 210 g/mol. The lowest BCUT2D eigenvalue weighted by Crippen LogP contribution is -2.33. The van der Waals surface area contributed by atoms with Crippen molar-refractivity contribution in [3.8, 4) is 0 Å². The highest BCUT2D eigenvalue weighted by Gasteiger charge is 2.19. The van der Waals surface area contributed by atoms with Gasteiger partial charge < -0.3 is 10.2 Å². The van der Waals surface area contributed by atoms with Crippen LogP contribution >= 0.6 is 0 Å². The van der Waals surface area contributed by atoms with E-state index in [0.29, 0.717) is 22.3 Å². The second-order valence-electron chi connectivity index (χ2n) is 4.59. The Morgan fingerprint density at radius 3 is 2.47 bits per heavy atom. The molecule has 2 N–H and O–H groups in total. The maximum absolute atomic E-state index is 10.8. The maximum atomic E-state index is 10.8. The molecule has 0 bridgehead atoms. The van der Waals surface area contributed by atoms with Crippen LogP contribution in [-0.4, -0.2) is 30.5 Å². The molecule has 0 radical (unpaired) electrons. The van der Waals surface area contributed by atoms with Gasteiger partial charge in [-0.2, -0.15) is 0 Å². The first-order chi connectivity index (χ1) is 6.79. The molecule has 0 atom stereocenters. The van der Waals surface area contributed by atoms with Crippen LogP contribution in [0.1, 0.15) is 5.56 Å². The van der Waals surface area contributed by atoms with Crippen LogP contribution in [0.15, 0.2) is 18.2 Å². The minimum atomic E-state index is -0.388. The number of nitrogen functional groups attached to an aromatic ring is 1. The zero-order valence-corrected chi connectivity index (χ0v) is 9.23. The lowest BCUT2D eigenvalue weighted by molar-refractivity contribution is -0.884. The number of anilines is 1. The van der Waals surface area contributed by atoms with Crippen LogP contribution in [0.4, 0.5) is 11.4 Å². The van der Waals surface area contributed by atoms with Gasteiger partial charge in [-0.25, -0.2) is 0 Å². The molecule has 0 amide bonds. The fourth-order valence-corrected chi connectivity index (χ4v) is 1.40. The molecule has 1 aromatic carbocycles. The molecular formula is C10H16N3O2+. The average molecular weight is 210 g/mol. The molecule has 0 saturated heterocycles. The summed E-state index contributed by atoms with van der Waals surface area (Å²) in [6.45, 7) is 0.608. The van der Waals surface area contributed by atoms with Gasteiger partial charge in [0.1, 0.15) is 6.54 Å². The number of quaternary nitrogens is 1. The highest BCUT2D eigenvalue weighted by Crippen LogP contribution is 2.23. The van der Waals surface area contributed by atoms with Crippen molar-refractivity contribution in [1.29, 1.82) is 0 Å². The van der Waals surface area contributed by atoms with Crippen LogP contribution in [0.3, 0.4) is 0 Å². The highest BCUT2D eigenvalue weighted by molar-refractivity contribution is 5.52. The molecule has 1 aromatic rings. The summed E-state index contributed by atoms with van der Waals surface area (Å²) >= 11 is 0. The van der Waals surface area contributed by atoms with E-state index in [4.69, 9.17) is 5.73 Å². The minimum Gasteiger partial charge on any atom is -0.399 e. The second-order valence-corrected chi connectivity index (χ2v) is 4.59. The second kappa shape index (κ2) is 3.86. The first kappa shape index (κ1) is 11.5. The first-order valence-electron chi connectivity index (χ1n) is 4.63. The van der Waals surface area contributed by atoms with Crippen LogP contribution in [0.2, 0.25) is 0 Å². The Labute approximate surface area is 88.9 Å². The molecule has 0 heterocycles. The van der Waals surface area contributed by atoms with Gasteiger partial charge in [-0.05, 0) is 12.1 Å². The number of nitrogens with zero attached hydrogens (tertiary/aromatic N) is 2. The third-order valence-electron chi connectivity index (χ3n) is 1.95. The molecule has 15 heavy (non-hydrogen) atoms. The normalized spacial score (nSPS) is 11.4. The standard InChI is InChI=1S/C10H16N3O2/c1-13(2,3)7-8-4-5-9(11)6-10(8)12(14)15/h4-6H,7,11H2,1-3H3/q+1. The molecule has 1 rings (SSSR count). The molecule has 0 spiro atoms. The quantitative estimate of drug-likeness (QED) is 0.354. The largest absolute Gasteiger partial charge is 0.399 e. The van der Waals surface area contributed by atoms with Gasteiger partial charge in [0.05, 0.1) is 31.6 Å². The molecule has 5 nitrogen and oxygen atoms in total. The zero-order valence-electron chi connectivity index (χ0n) is 9.23. The van der Waals surface area contributed by atoms with Crippen molar-refractivity contribution < 1.29 is 9.41 Å². The summed E-state index contributed by atoms with van der Waals surface area (Å²) in [4.78, 5) is 10.4. The van der Waals surface area contributed by atoms with Gasteiger partial charge in [0, 0.05) is 11.8 Å². The SMILES string of the molecule is C[N+](C)(C)Cc1ccc(N)cc1[N+](=O)[O-]. The summed E-state index contributed by atoms with van der Waals surface area (Å²) in [7, 11) is 5.96. The van der Waals surface area contributed by atoms with Crippen LogP contribution in [0.5, 0.6) is 0 Å². The Hall–Kier alpha value is -1.62. The number of nitrogens with two attached hydrogens (primary N) is 1. The van der Waals surface area contributed by atoms with Crippen LogP contribution in [0.25, 0.3) is 0 Å². The van der Waals surface area contributed by atoms with Crippen molar-refractivity contribution in [3.05, 3.63) is 33.9 Å². The van der Waals surface area contributed by atoms with E-state index >= 15 is 0 Å². The number of benzene rings is 1. The van der Waals surface area contributed by atoms with Gasteiger partial charge in [-0.3, -0.25) is 10.1 Å². The van der Waals surface area contributed by atoms with E-state index in [9.17, 15) is 10.1 Å². The van der Waals surface area contributed by atoms with Gasteiger partial charge in [0.25, 0.3) is 5.69 Å². The van der Waals surface area contributed by atoms with E-state index in [2.05, 4.69) is 0 Å². The lowest BCUT2D eigenvalue weighted by atomic mass is 10.1. The molecule has 0 aliphatic heterocycles. The first-order valence-corrected chi connectivity index (χ1v) is 4.63. The van der Waals surface area contributed by atoms with E-state index in [1.807, 2.05) is 21.1 Å². The lowest BCUT2D eigenvalue weighted by Gasteiger charge is -2.23. The Kier molecular flexibility index (Phi) is 2.95. The smallest absolute Gasteiger partial charge is 0.280 e. The Morgan fingerprint density at radius 1 is 1.40 bits per heavy atom. The number of nitro benzene ring substituents is 1. The molecule has 0 saturated carbocycles. The van der Waals surface area contributed by atoms with E-state index in [-0.39, 0.29) is 10.6 Å². The summed E-state index contributed by atoms with van der Waals surface area (Å²) in [6, 6.07) is 4.82. The summed E-state index contributed by atoms with van der Waals surface area (Å²) in [6.07, 6.45) is 0. The minimum absolute atomic E-state index is 0.100. The van der Waals surface area contributed by atoms with Gasteiger partial charge in [-0.1, -0.05) is 0 Å². The number of hydrogen-bond donors (Lipinski definition) is 1. The Balaban J connectivity index is 3.12. The predicted octanol–water partition coefficient (Wildman–Crippen LogP) is 1.38. The van der Waals surface area contributed by atoms with Crippen LogP contribution in [0, 0.1) is 10.1 Å². The molecule has 0 aliphatic rings. The number of nitro groups is 1. The highest BCUT2D eigenvalue weighted by atomic mass is 16.6. The summed E-state index contributed by atoms with van der Waals surface area (Å²) < 4.78 is 0.644. The summed E-state index contributed by atoms with van der Waals surface area (Å²) in [5.41, 5.74) is 6.75. The van der Waals surface area contributed by atoms with Gasteiger partial charge in [0.15, 0.2) is 0 Å². The Bertz CT molecular complexity index is 383. The summed E-state index contributed by atoms with van der Waals surface area (Å²) in [5.74, 6) is 0. The third-order valence-corrected chi connectivity index (χ3v) is 1.95. The van der Waals surface area contributed by atoms with E-state index < -0.39 is 0 Å². The molecule has 5 heteroatoms. The molecule has 0 aliphatic carbocycles. The molecule has 82 valence electrons. The van der Waals surface area contributed by atoms with Crippen molar-refractivity contribution in [2.24, 2.45) is 0 Å². The van der Waals surface area contributed by atoms with Crippen molar-refractivity contribution in [1.82, 2.24) is 0 Å². The summed E-state index contributed by atoms with van der Waals surface area (Å²) in [5, 5.41) is 10.8. The molecular weight excluding hydrogens is 194 g/mol. The molecule has 0 aromatic heterocycles. The third kappa shape index (κ3) is 3.21. The maximum Gasteiger partial charge on any atom is 0.280 e. The molecule has 0 unspecified atom stereocenters. The fourth-order valence-electron chi connectivity index (χ4n) is 1.40. The topological polar surface area (TPSA) is 69.2 Å². The average Bonchev–Trinajstić information content (AvgIpc) is 2.05. The van der Waals surface area contributed by atoms with Crippen molar-refractivity contribution in [2.75, 3.05) is 26.9 Å². The molecule has 0 fully saturated rings. The van der Waals surface area contributed by atoms with Crippen molar-refractivity contribution >= 4 is 11.4 Å². The number of hydrogen-bond acceptors (Lipinski definition) is 3. The number of rotatable bonds is 3. The van der Waals surface area contributed by atoms with E-state index in [1.54, 1.807) is 12.1 Å². The van der Waals surface area contributed by atoms with Gasteiger partial charge in [0.2, 0.25) is 0 Å². The van der Waals surface area contributed by atoms with Crippen LogP contribution < -0.4 is 5.73 Å². The van der Waals surface area contributed by atoms with Crippen molar-refractivity contribution in [3.63, 3.8) is 0 Å². The fraction of sp³-hybridized carbons (Fsp3) is 0.400.